The van der Waals surface area contributed by atoms with Crippen LogP contribution < -0.4 is 15.4 Å². The zero-order valence-corrected chi connectivity index (χ0v) is 17.4. The molecule has 156 valence electrons. The molecule has 1 saturated carbocycles. The van der Waals surface area contributed by atoms with Gasteiger partial charge in [-0.15, -0.1) is 0 Å². The largest absolute Gasteiger partial charge is 0.494 e. The number of imide groups is 1. The number of nitrogens with one attached hydrogen (secondary N) is 2. The minimum absolute atomic E-state index is 0.145. The van der Waals surface area contributed by atoms with Gasteiger partial charge in [0.25, 0.3) is 0 Å². The van der Waals surface area contributed by atoms with Crippen LogP contribution in [-0.2, 0) is 9.59 Å². The highest BCUT2D eigenvalue weighted by atomic mass is 32.1. The molecule has 2 heterocycles. The van der Waals surface area contributed by atoms with Crippen LogP contribution in [0, 0.1) is 23.7 Å². The first-order chi connectivity index (χ1) is 14.5. The van der Waals surface area contributed by atoms with E-state index in [9.17, 15) is 14.4 Å². The Hall–Kier alpha value is -2.94. The number of anilines is 1. The second-order valence-electron chi connectivity index (χ2n) is 7.90. The van der Waals surface area contributed by atoms with Gasteiger partial charge >= 0.3 is 6.03 Å². The van der Waals surface area contributed by atoms with Gasteiger partial charge in [-0.25, -0.2) is 9.78 Å². The van der Waals surface area contributed by atoms with Crippen molar-refractivity contribution in [2.45, 2.75) is 26.4 Å². The van der Waals surface area contributed by atoms with E-state index in [0.29, 0.717) is 11.7 Å². The lowest BCUT2D eigenvalue weighted by molar-refractivity contribution is -0.143. The number of rotatable bonds is 5. The average Bonchev–Trinajstić information content (AvgIpc) is 3.44. The summed E-state index contributed by atoms with van der Waals surface area (Å²) in [6.45, 7) is 4.13. The predicted octanol–water partition coefficient (Wildman–Crippen LogP) is 2.97. The first-order valence-electron chi connectivity index (χ1n) is 10.1. The van der Waals surface area contributed by atoms with Crippen LogP contribution in [0.15, 0.2) is 30.4 Å². The number of urea groups is 1. The summed E-state index contributed by atoms with van der Waals surface area (Å²) in [5, 5.41) is 5.84. The fourth-order valence-electron chi connectivity index (χ4n) is 4.91. The Morgan fingerprint density at radius 1 is 1.27 bits per heavy atom. The number of likely N-dealkylation sites (tertiary alicyclic amines) is 1. The number of nitrogens with zero attached hydrogens (tertiary/aromatic N) is 2. The van der Waals surface area contributed by atoms with Gasteiger partial charge < -0.3 is 10.1 Å². The van der Waals surface area contributed by atoms with Crippen LogP contribution in [0.2, 0.25) is 0 Å². The van der Waals surface area contributed by atoms with Crippen LogP contribution in [0.25, 0.3) is 10.2 Å². The number of hydrogen-bond acceptors (Lipinski definition) is 6. The lowest BCUT2D eigenvalue weighted by Gasteiger charge is -2.25. The number of aromatic nitrogens is 1. The summed E-state index contributed by atoms with van der Waals surface area (Å²) < 4.78 is 6.39. The highest BCUT2D eigenvalue weighted by molar-refractivity contribution is 7.22. The fraction of sp³-hybridized carbons (Fsp3) is 0.429. The van der Waals surface area contributed by atoms with Crippen molar-refractivity contribution < 1.29 is 19.1 Å². The average molecular weight is 426 g/mol. The molecule has 0 unspecified atom stereocenters. The van der Waals surface area contributed by atoms with E-state index in [-0.39, 0.29) is 35.5 Å². The molecule has 30 heavy (non-hydrogen) atoms. The number of benzene rings is 1. The van der Waals surface area contributed by atoms with E-state index in [4.69, 9.17) is 4.74 Å². The van der Waals surface area contributed by atoms with E-state index >= 15 is 0 Å². The van der Waals surface area contributed by atoms with Crippen molar-refractivity contribution in [1.29, 1.82) is 0 Å². The Labute approximate surface area is 177 Å². The smallest absolute Gasteiger partial charge is 0.322 e. The van der Waals surface area contributed by atoms with Gasteiger partial charge in [0.2, 0.25) is 11.8 Å². The quantitative estimate of drug-likeness (QED) is 0.566. The topological polar surface area (TPSA) is 101 Å². The van der Waals surface area contributed by atoms with Gasteiger partial charge in [0.1, 0.15) is 11.9 Å². The van der Waals surface area contributed by atoms with Crippen LogP contribution in [0.4, 0.5) is 9.93 Å². The summed E-state index contributed by atoms with van der Waals surface area (Å²) >= 11 is 1.34. The molecule has 1 saturated heterocycles. The molecule has 4 amide bonds. The summed E-state index contributed by atoms with van der Waals surface area (Å²) in [6.07, 6.45) is 4.25. The van der Waals surface area contributed by atoms with E-state index in [2.05, 4.69) is 27.8 Å². The molecule has 0 radical (unpaired) electrons. The zero-order chi connectivity index (χ0) is 21.0. The van der Waals surface area contributed by atoms with Gasteiger partial charge in [0.05, 0.1) is 28.7 Å². The van der Waals surface area contributed by atoms with Crippen molar-refractivity contribution in [3.8, 4) is 5.75 Å². The molecule has 1 aromatic carbocycles. The molecule has 2 N–H and O–H groups in total. The summed E-state index contributed by atoms with van der Waals surface area (Å²) in [5.41, 5.74) is 0.731. The number of amides is 4. The molecule has 8 nitrogen and oxygen atoms in total. The third-order valence-electron chi connectivity index (χ3n) is 6.12. The minimum atomic E-state index is -0.728. The minimum Gasteiger partial charge on any atom is -0.494 e. The normalized spacial score (nSPS) is 27.6. The molecule has 3 aliphatic rings. The molecular weight excluding hydrogens is 404 g/mol. The van der Waals surface area contributed by atoms with Gasteiger partial charge in [-0.05, 0) is 44.2 Å². The molecule has 2 bridgehead atoms. The highest BCUT2D eigenvalue weighted by Gasteiger charge is 2.60. The molecule has 2 aliphatic carbocycles. The number of fused-ring (bicyclic) bond motifs is 6. The van der Waals surface area contributed by atoms with Crippen LogP contribution in [0.1, 0.15) is 20.3 Å². The Morgan fingerprint density at radius 3 is 2.63 bits per heavy atom. The Balaban J connectivity index is 1.25. The van der Waals surface area contributed by atoms with E-state index < -0.39 is 12.2 Å². The second-order valence-corrected chi connectivity index (χ2v) is 8.93. The third-order valence-corrected chi connectivity index (χ3v) is 7.07. The van der Waals surface area contributed by atoms with Crippen LogP contribution in [0.3, 0.4) is 0 Å². The molecule has 5 atom stereocenters. The monoisotopic (exact) mass is 426 g/mol. The van der Waals surface area contributed by atoms with Crippen molar-refractivity contribution in [2.75, 3.05) is 11.9 Å². The number of carbonyl (C=O) groups excluding carboxylic acids is 3. The van der Waals surface area contributed by atoms with Crippen molar-refractivity contribution in [1.82, 2.24) is 15.2 Å². The number of hydrogen-bond donors (Lipinski definition) is 2. The lowest BCUT2D eigenvalue weighted by Crippen LogP contribution is -2.51. The fourth-order valence-corrected chi connectivity index (χ4v) is 5.75. The summed E-state index contributed by atoms with van der Waals surface area (Å²) in [5.74, 6) is 0.0991. The molecule has 2 fully saturated rings. The summed E-state index contributed by atoms with van der Waals surface area (Å²) in [6, 6.07) is 5.07. The number of thiazole rings is 1. The van der Waals surface area contributed by atoms with Crippen molar-refractivity contribution in [2.24, 2.45) is 23.7 Å². The van der Waals surface area contributed by atoms with Gasteiger partial charge in [-0.2, -0.15) is 0 Å². The molecule has 1 aliphatic heterocycles. The number of ether oxygens (including phenoxy) is 1. The first kappa shape index (κ1) is 19.0. The molecule has 5 rings (SSSR count). The maximum Gasteiger partial charge on any atom is 0.322 e. The summed E-state index contributed by atoms with van der Waals surface area (Å²) in [4.78, 5) is 43.8. The first-order valence-corrected chi connectivity index (χ1v) is 10.9. The van der Waals surface area contributed by atoms with Gasteiger partial charge in [0, 0.05) is 6.07 Å². The Bertz CT molecular complexity index is 1050. The van der Waals surface area contributed by atoms with E-state index in [1.807, 2.05) is 25.1 Å². The van der Waals surface area contributed by atoms with Crippen molar-refractivity contribution >= 4 is 44.5 Å². The zero-order valence-electron chi connectivity index (χ0n) is 16.6. The number of allylic oxidation sites excluding steroid dienone is 2. The molecular formula is C21H22N4O4S. The second kappa shape index (κ2) is 7.09. The van der Waals surface area contributed by atoms with Crippen LogP contribution in [0.5, 0.6) is 5.75 Å². The van der Waals surface area contributed by atoms with Gasteiger partial charge in [-0.1, -0.05) is 23.5 Å². The van der Waals surface area contributed by atoms with Gasteiger partial charge in [-0.3, -0.25) is 19.8 Å². The standard InChI is InChI=1S/C21H22N4O4S/c1-3-29-13-6-7-15-14(9-13)23-21(30-15)24-20(28)22-10(2)25-18(26)16-11-4-5-12(8-11)17(16)19(25)27/h4-7,9-12,16-17H,3,8H2,1-2H3,(H2,22,23,24,28)/t10-,11+,12+,16-,17+/m1/s1. The van der Waals surface area contributed by atoms with Crippen molar-refractivity contribution in [3.05, 3.63) is 30.4 Å². The summed E-state index contributed by atoms with van der Waals surface area (Å²) in [7, 11) is 0. The predicted molar refractivity (Wildman–Crippen MR) is 112 cm³/mol. The SMILES string of the molecule is CCOc1ccc2sc(NC(=O)N[C@@H](C)N3C(=O)[C@@H]4[C@H](C3=O)[C@H]3C=C[C@H]4C3)nc2c1. The van der Waals surface area contributed by atoms with Gasteiger partial charge in [0.15, 0.2) is 5.13 Å². The third kappa shape index (κ3) is 2.96. The molecule has 9 heteroatoms. The lowest BCUT2D eigenvalue weighted by atomic mass is 9.85. The Morgan fingerprint density at radius 2 is 1.97 bits per heavy atom. The Kier molecular flexibility index (Phi) is 4.50. The maximum atomic E-state index is 12.8. The highest BCUT2D eigenvalue weighted by Crippen LogP contribution is 2.52. The van der Waals surface area contributed by atoms with E-state index in [1.165, 1.54) is 16.2 Å². The number of carbonyl (C=O) groups is 3. The maximum absolute atomic E-state index is 12.8. The molecule has 1 aromatic heterocycles. The molecule has 2 aromatic rings. The van der Waals surface area contributed by atoms with E-state index in [0.717, 1.165) is 22.4 Å². The van der Waals surface area contributed by atoms with E-state index in [1.54, 1.807) is 6.92 Å². The van der Waals surface area contributed by atoms with Crippen LogP contribution >= 0.6 is 11.3 Å². The van der Waals surface area contributed by atoms with Crippen LogP contribution in [-0.4, -0.2) is 40.5 Å². The molecule has 0 spiro atoms. The van der Waals surface area contributed by atoms with Crippen molar-refractivity contribution in [3.63, 3.8) is 0 Å².